The lowest BCUT2D eigenvalue weighted by atomic mass is 10.1. The molecule has 0 atom stereocenters. The van der Waals surface area contributed by atoms with E-state index in [2.05, 4.69) is 76.9 Å². The lowest BCUT2D eigenvalue weighted by Crippen LogP contribution is -3.00. The highest BCUT2D eigenvalue weighted by Crippen LogP contribution is 2.26. The second-order valence-electron chi connectivity index (χ2n) is 5.76. The summed E-state index contributed by atoms with van der Waals surface area (Å²) in [6.45, 7) is 3.27. The van der Waals surface area contributed by atoms with E-state index in [0.29, 0.717) is 0 Å². The van der Waals surface area contributed by atoms with Gasteiger partial charge in [-0.15, -0.1) is 0 Å². The average molecular weight is 355 g/mol. The zero-order valence-corrected chi connectivity index (χ0v) is 14.3. The Morgan fingerprint density at radius 2 is 1.68 bits per heavy atom. The summed E-state index contributed by atoms with van der Waals surface area (Å²) in [7, 11) is 0. The first kappa shape index (κ1) is 15.0. The number of fused-ring (bicyclic) bond motifs is 1. The molecule has 0 bridgehead atoms. The molecule has 112 valence electrons. The fourth-order valence-corrected chi connectivity index (χ4v) is 3.20. The molecule has 0 fully saturated rings. The molecule has 1 aliphatic rings. The Morgan fingerprint density at radius 1 is 0.955 bits per heavy atom. The van der Waals surface area contributed by atoms with Crippen molar-refractivity contribution in [1.82, 2.24) is 4.57 Å². The molecule has 1 aromatic heterocycles. The van der Waals surface area contributed by atoms with E-state index in [0.717, 1.165) is 13.0 Å². The Morgan fingerprint density at radius 3 is 2.41 bits per heavy atom. The lowest BCUT2D eigenvalue weighted by molar-refractivity contribution is -0.689. The van der Waals surface area contributed by atoms with E-state index < -0.39 is 0 Å². The Bertz CT molecular complexity index is 773. The van der Waals surface area contributed by atoms with E-state index in [4.69, 9.17) is 0 Å². The van der Waals surface area contributed by atoms with Crippen molar-refractivity contribution < 1.29 is 21.5 Å². The van der Waals surface area contributed by atoms with Crippen LogP contribution in [0.4, 0.5) is 0 Å². The van der Waals surface area contributed by atoms with Crippen molar-refractivity contribution in [3.63, 3.8) is 0 Å². The van der Waals surface area contributed by atoms with Gasteiger partial charge in [-0.2, -0.15) is 4.57 Å². The molecule has 0 spiro atoms. The number of nitrogens with zero attached hydrogens (tertiary/aromatic N) is 2. The molecule has 1 aliphatic heterocycles. The summed E-state index contributed by atoms with van der Waals surface area (Å²) in [6.07, 6.45) is 4.70. The number of aromatic nitrogens is 2. The van der Waals surface area contributed by atoms with Crippen LogP contribution in [0.25, 0.3) is 16.9 Å². The Balaban J connectivity index is 0.00000144. The van der Waals surface area contributed by atoms with Gasteiger partial charge in [0.1, 0.15) is 11.9 Å². The van der Waals surface area contributed by atoms with Gasteiger partial charge in [0.25, 0.3) is 5.82 Å². The zero-order chi connectivity index (χ0) is 14.2. The van der Waals surface area contributed by atoms with Crippen LogP contribution < -0.4 is 21.5 Å². The molecule has 2 nitrogen and oxygen atoms in total. The summed E-state index contributed by atoms with van der Waals surface area (Å²) < 4.78 is 4.82. The third kappa shape index (κ3) is 2.50. The van der Waals surface area contributed by atoms with E-state index in [9.17, 15) is 0 Å². The normalized spacial score (nSPS) is 12.8. The summed E-state index contributed by atoms with van der Waals surface area (Å²) in [5.74, 6) is 1.41. The number of imidazole rings is 1. The van der Waals surface area contributed by atoms with Crippen LogP contribution in [0.15, 0.2) is 60.8 Å². The van der Waals surface area contributed by atoms with Gasteiger partial charge in [-0.1, -0.05) is 48.0 Å². The third-order valence-electron chi connectivity index (χ3n) is 4.27. The molecular formula is C19H19BrN2. The monoisotopic (exact) mass is 354 g/mol. The van der Waals surface area contributed by atoms with Crippen LogP contribution in [0.2, 0.25) is 0 Å². The first-order valence-electron chi connectivity index (χ1n) is 7.59. The highest BCUT2D eigenvalue weighted by Gasteiger charge is 2.29. The second-order valence-corrected chi connectivity index (χ2v) is 5.76. The summed E-state index contributed by atoms with van der Waals surface area (Å²) in [5, 5.41) is 0. The molecule has 4 rings (SSSR count). The van der Waals surface area contributed by atoms with Gasteiger partial charge in [-0.25, -0.2) is 4.57 Å². The van der Waals surface area contributed by atoms with Crippen LogP contribution in [-0.2, 0) is 13.0 Å². The predicted molar refractivity (Wildman–Crippen MR) is 84.5 cm³/mol. The summed E-state index contributed by atoms with van der Waals surface area (Å²) in [6, 6.07) is 19.5. The molecule has 0 saturated carbocycles. The molecule has 0 amide bonds. The smallest absolute Gasteiger partial charge is 0.262 e. The standard InChI is InChI=1S/C19H19N2.BrH/c1-15-9-11-17(12-10-15)21-18(16-6-3-2-4-7-16)14-20-13-5-8-19(20)21;/h2-4,6-7,9-12,14H,5,8,13H2,1H3;1H/q+1;/p-1. The minimum atomic E-state index is 0. The molecule has 0 saturated heterocycles. The van der Waals surface area contributed by atoms with E-state index in [1.54, 1.807) is 0 Å². The van der Waals surface area contributed by atoms with Crippen molar-refractivity contribution in [2.75, 3.05) is 0 Å². The molecule has 3 heteroatoms. The van der Waals surface area contributed by atoms with Crippen molar-refractivity contribution in [3.05, 3.63) is 72.2 Å². The van der Waals surface area contributed by atoms with Crippen molar-refractivity contribution in [1.29, 1.82) is 0 Å². The van der Waals surface area contributed by atoms with E-state index in [1.807, 2.05) is 0 Å². The van der Waals surface area contributed by atoms with Gasteiger partial charge in [-0.05, 0) is 25.5 Å². The van der Waals surface area contributed by atoms with Crippen LogP contribution in [0.1, 0.15) is 17.8 Å². The van der Waals surface area contributed by atoms with Crippen LogP contribution in [0.5, 0.6) is 0 Å². The lowest BCUT2D eigenvalue weighted by Gasteiger charge is -2.04. The maximum absolute atomic E-state index is 2.42. The van der Waals surface area contributed by atoms with Crippen LogP contribution in [-0.4, -0.2) is 4.57 Å². The summed E-state index contributed by atoms with van der Waals surface area (Å²) in [5.41, 5.74) is 5.13. The summed E-state index contributed by atoms with van der Waals surface area (Å²) in [4.78, 5) is 0. The Labute approximate surface area is 141 Å². The molecule has 0 aliphatic carbocycles. The Hall–Kier alpha value is -1.87. The molecule has 22 heavy (non-hydrogen) atoms. The maximum Gasteiger partial charge on any atom is 0.262 e. The van der Waals surface area contributed by atoms with Crippen molar-refractivity contribution in [2.24, 2.45) is 0 Å². The highest BCUT2D eigenvalue weighted by molar-refractivity contribution is 5.61. The molecule has 2 heterocycles. The Kier molecular flexibility index (Phi) is 4.16. The quantitative estimate of drug-likeness (QED) is 0.599. The van der Waals surface area contributed by atoms with Crippen LogP contribution in [0, 0.1) is 6.92 Å². The van der Waals surface area contributed by atoms with E-state index >= 15 is 0 Å². The number of halogens is 1. The molecule has 0 N–H and O–H groups in total. The van der Waals surface area contributed by atoms with Gasteiger partial charge >= 0.3 is 0 Å². The molecule has 0 radical (unpaired) electrons. The van der Waals surface area contributed by atoms with Crippen molar-refractivity contribution >= 4 is 0 Å². The van der Waals surface area contributed by atoms with Crippen LogP contribution >= 0.6 is 0 Å². The number of rotatable bonds is 2. The van der Waals surface area contributed by atoms with Gasteiger partial charge in [0.05, 0.1) is 13.0 Å². The first-order valence-corrected chi connectivity index (χ1v) is 7.59. The minimum absolute atomic E-state index is 0. The van der Waals surface area contributed by atoms with E-state index in [1.165, 1.54) is 34.8 Å². The number of hydrogen-bond acceptors (Lipinski definition) is 0. The molecule has 0 unspecified atom stereocenters. The zero-order valence-electron chi connectivity index (χ0n) is 12.7. The minimum Gasteiger partial charge on any atom is -1.00 e. The van der Waals surface area contributed by atoms with Crippen LogP contribution in [0.3, 0.4) is 0 Å². The maximum atomic E-state index is 2.42. The highest BCUT2D eigenvalue weighted by atomic mass is 79.9. The van der Waals surface area contributed by atoms with Gasteiger partial charge in [-0.3, -0.25) is 0 Å². The average Bonchev–Trinajstić information content (AvgIpc) is 3.10. The molecule has 2 aromatic carbocycles. The third-order valence-corrected chi connectivity index (χ3v) is 4.27. The summed E-state index contributed by atoms with van der Waals surface area (Å²) >= 11 is 0. The van der Waals surface area contributed by atoms with Gasteiger partial charge < -0.3 is 17.0 Å². The first-order chi connectivity index (χ1) is 10.3. The van der Waals surface area contributed by atoms with Crippen molar-refractivity contribution in [3.8, 4) is 16.9 Å². The fourth-order valence-electron chi connectivity index (χ4n) is 3.20. The molecular weight excluding hydrogens is 336 g/mol. The van der Waals surface area contributed by atoms with Crippen molar-refractivity contribution in [2.45, 2.75) is 26.3 Å². The number of hydrogen-bond donors (Lipinski definition) is 0. The second kappa shape index (κ2) is 6.09. The molecule has 3 aromatic rings. The van der Waals surface area contributed by atoms with E-state index in [-0.39, 0.29) is 17.0 Å². The number of benzene rings is 2. The fraction of sp³-hybridized carbons (Fsp3) is 0.211. The SMILES string of the molecule is Cc1ccc(-n2c(-c3ccccc3)c[n+]3c2CCC3)cc1.[Br-]. The predicted octanol–water partition coefficient (Wildman–Crippen LogP) is 0.690. The van der Waals surface area contributed by atoms with Gasteiger partial charge in [0, 0.05) is 5.56 Å². The van der Waals surface area contributed by atoms with Gasteiger partial charge in [0.15, 0.2) is 5.69 Å². The topological polar surface area (TPSA) is 8.81 Å². The largest absolute Gasteiger partial charge is 1.00 e. The number of aryl methyl sites for hydroxylation is 2. The van der Waals surface area contributed by atoms with Gasteiger partial charge in [0.2, 0.25) is 0 Å².